The molecule has 0 unspecified atom stereocenters. The average Bonchev–Trinajstić information content (AvgIpc) is 2.66. The lowest BCUT2D eigenvalue weighted by Crippen LogP contribution is -2.12. The van der Waals surface area contributed by atoms with Crippen molar-refractivity contribution in [2.75, 3.05) is 18.5 Å². The van der Waals surface area contributed by atoms with Crippen LogP contribution in [0.2, 0.25) is 0 Å². The molecule has 0 amide bonds. The number of benzene rings is 2. The van der Waals surface area contributed by atoms with Gasteiger partial charge in [-0.15, -0.1) is 0 Å². The molecule has 0 atom stereocenters. The molecule has 0 radical (unpaired) electrons. The molecule has 1 N–H and O–H groups in total. The molecule has 8 heteroatoms. The lowest BCUT2D eigenvalue weighted by Gasteiger charge is -2.12. The van der Waals surface area contributed by atoms with E-state index >= 15 is 0 Å². The summed E-state index contributed by atoms with van der Waals surface area (Å²) in [6.07, 6.45) is 3.38. The Morgan fingerprint density at radius 3 is 2.39 bits per heavy atom. The van der Waals surface area contributed by atoms with Gasteiger partial charge >= 0.3 is 10.1 Å². The van der Waals surface area contributed by atoms with Crippen molar-refractivity contribution >= 4 is 15.8 Å². The van der Waals surface area contributed by atoms with E-state index in [2.05, 4.69) is 10.3 Å². The van der Waals surface area contributed by atoms with Crippen molar-refractivity contribution in [3.63, 3.8) is 0 Å². The summed E-state index contributed by atoms with van der Waals surface area (Å²) in [6, 6.07) is 13.0. The summed E-state index contributed by atoms with van der Waals surface area (Å²) < 4.78 is 48.6. The number of pyridine rings is 1. The van der Waals surface area contributed by atoms with Crippen LogP contribution in [-0.2, 0) is 10.1 Å². The number of hydrogen-bond acceptors (Lipinski definition) is 6. The van der Waals surface area contributed by atoms with Crippen LogP contribution in [0.3, 0.4) is 0 Å². The molecule has 1 heterocycles. The van der Waals surface area contributed by atoms with Gasteiger partial charge < -0.3 is 14.2 Å². The zero-order valence-corrected chi connectivity index (χ0v) is 15.9. The fourth-order valence-corrected chi connectivity index (χ4v) is 3.37. The van der Waals surface area contributed by atoms with Crippen LogP contribution in [0.15, 0.2) is 71.9 Å². The Balaban J connectivity index is 1.63. The summed E-state index contributed by atoms with van der Waals surface area (Å²) >= 11 is 0. The van der Waals surface area contributed by atoms with E-state index in [-0.39, 0.29) is 10.6 Å². The van der Waals surface area contributed by atoms with E-state index in [0.29, 0.717) is 18.9 Å². The Hall–Kier alpha value is -3.13. The van der Waals surface area contributed by atoms with Gasteiger partial charge in [0.25, 0.3) is 0 Å². The van der Waals surface area contributed by atoms with Gasteiger partial charge in [-0.25, -0.2) is 4.39 Å². The number of rotatable bonds is 8. The first-order chi connectivity index (χ1) is 13.4. The van der Waals surface area contributed by atoms with Gasteiger partial charge in [0.1, 0.15) is 28.8 Å². The molecular formula is C20H19FN2O4S. The van der Waals surface area contributed by atoms with Gasteiger partial charge in [-0.3, -0.25) is 4.98 Å². The first-order valence-electron chi connectivity index (χ1n) is 8.51. The smallest absolute Gasteiger partial charge is 0.339 e. The molecule has 0 aliphatic carbocycles. The van der Waals surface area contributed by atoms with Gasteiger partial charge in [0.05, 0.1) is 0 Å². The third kappa shape index (κ3) is 5.43. The lowest BCUT2D eigenvalue weighted by atomic mass is 10.2. The van der Waals surface area contributed by atoms with Gasteiger partial charge in [-0.05, 0) is 61.0 Å². The van der Waals surface area contributed by atoms with E-state index in [0.717, 1.165) is 35.5 Å². The van der Waals surface area contributed by atoms with E-state index in [1.54, 1.807) is 31.5 Å². The number of aromatic nitrogens is 1. The van der Waals surface area contributed by atoms with Gasteiger partial charge in [-0.2, -0.15) is 8.42 Å². The molecule has 0 aliphatic heterocycles. The molecule has 0 aliphatic rings. The van der Waals surface area contributed by atoms with Crippen LogP contribution in [0.25, 0.3) is 0 Å². The standard InChI is InChI=1S/C20H19FN2O4S/c1-15-12-18(26-11-10-23-17-6-8-22-9-7-17)14-19(13-15)27-28(24,25)20-4-2-16(21)3-5-20/h2-9,12-14H,10-11H2,1H3,(H,22,23). The second-order valence-electron chi connectivity index (χ2n) is 5.98. The first-order valence-corrected chi connectivity index (χ1v) is 9.92. The molecule has 0 bridgehead atoms. The second kappa shape index (κ2) is 8.71. The summed E-state index contributed by atoms with van der Waals surface area (Å²) in [6.45, 7) is 2.73. The van der Waals surface area contributed by atoms with Crippen LogP contribution in [0.4, 0.5) is 10.1 Å². The predicted molar refractivity (Wildman–Crippen MR) is 104 cm³/mol. The summed E-state index contributed by atoms with van der Waals surface area (Å²) in [5, 5.41) is 3.19. The Kier molecular flexibility index (Phi) is 6.10. The summed E-state index contributed by atoms with van der Waals surface area (Å²) in [5.41, 5.74) is 1.71. The zero-order valence-electron chi connectivity index (χ0n) is 15.1. The highest BCUT2D eigenvalue weighted by atomic mass is 32.2. The maximum atomic E-state index is 13.0. The first kappa shape index (κ1) is 19.6. The van der Waals surface area contributed by atoms with Crippen molar-refractivity contribution in [2.24, 2.45) is 0 Å². The van der Waals surface area contributed by atoms with E-state index in [4.69, 9.17) is 8.92 Å². The monoisotopic (exact) mass is 402 g/mol. The maximum absolute atomic E-state index is 13.0. The number of ether oxygens (including phenoxy) is 1. The maximum Gasteiger partial charge on any atom is 0.339 e. The molecule has 0 saturated carbocycles. The van der Waals surface area contributed by atoms with E-state index in [9.17, 15) is 12.8 Å². The van der Waals surface area contributed by atoms with Crippen LogP contribution in [0.5, 0.6) is 11.5 Å². The van der Waals surface area contributed by atoms with E-state index in [1.807, 2.05) is 12.1 Å². The lowest BCUT2D eigenvalue weighted by molar-refractivity contribution is 0.331. The van der Waals surface area contributed by atoms with Crippen molar-refractivity contribution in [3.8, 4) is 11.5 Å². The van der Waals surface area contributed by atoms with Crippen molar-refractivity contribution in [3.05, 3.63) is 78.4 Å². The zero-order chi connectivity index (χ0) is 20.0. The number of aryl methyl sites for hydroxylation is 1. The number of nitrogens with zero attached hydrogens (tertiary/aromatic N) is 1. The van der Waals surface area contributed by atoms with E-state index < -0.39 is 15.9 Å². The number of halogens is 1. The highest BCUT2D eigenvalue weighted by Crippen LogP contribution is 2.25. The predicted octanol–water partition coefficient (Wildman–Crippen LogP) is 3.79. The van der Waals surface area contributed by atoms with Gasteiger partial charge in [0.15, 0.2) is 0 Å². The highest BCUT2D eigenvalue weighted by Gasteiger charge is 2.17. The van der Waals surface area contributed by atoms with Crippen LogP contribution in [0, 0.1) is 12.7 Å². The van der Waals surface area contributed by atoms with Gasteiger partial charge in [-0.1, -0.05) is 0 Å². The third-order valence-electron chi connectivity index (χ3n) is 3.71. The van der Waals surface area contributed by atoms with Crippen LogP contribution < -0.4 is 14.2 Å². The normalized spacial score (nSPS) is 11.1. The molecule has 146 valence electrons. The molecule has 2 aromatic carbocycles. The second-order valence-corrected chi connectivity index (χ2v) is 7.53. The Morgan fingerprint density at radius 1 is 1.00 bits per heavy atom. The topological polar surface area (TPSA) is 77.5 Å². The quantitative estimate of drug-likeness (QED) is 0.456. The summed E-state index contributed by atoms with van der Waals surface area (Å²) in [5.74, 6) is 0.0906. The number of nitrogens with one attached hydrogen (secondary N) is 1. The molecule has 28 heavy (non-hydrogen) atoms. The Labute approximate surface area is 163 Å². The molecule has 0 spiro atoms. The van der Waals surface area contributed by atoms with Crippen LogP contribution in [-0.4, -0.2) is 26.6 Å². The molecule has 3 rings (SSSR count). The Bertz CT molecular complexity index is 1030. The molecule has 3 aromatic rings. The van der Waals surface area contributed by atoms with Crippen molar-refractivity contribution in [1.82, 2.24) is 4.98 Å². The fraction of sp³-hybridized carbons (Fsp3) is 0.150. The molecular weight excluding hydrogens is 383 g/mol. The van der Waals surface area contributed by atoms with Crippen LogP contribution in [0.1, 0.15) is 5.56 Å². The summed E-state index contributed by atoms with van der Waals surface area (Å²) in [4.78, 5) is 3.82. The van der Waals surface area contributed by atoms with Gasteiger partial charge in [0.2, 0.25) is 0 Å². The SMILES string of the molecule is Cc1cc(OCCNc2ccncc2)cc(OS(=O)(=O)c2ccc(F)cc2)c1. The largest absolute Gasteiger partial charge is 0.492 e. The average molecular weight is 402 g/mol. The molecule has 0 fully saturated rings. The molecule has 1 aromatic heterocycles. The number of hydrogen-bond donors (Lipinski definition) is 1. The Morgan fingerprint density at radius 2 is 1.68 bits per heavy atom. The minimum absolute atomic E-state index is 0.126. The number of anilines is 1. The van der Waals surface area contributed by atoms with Crippen molar-refractivity contribution in [1.29, 1.82) is 0 Å². The molecule has 0 saturated heterocycles. The fourth-order valence-electron chi connectivity index (χ4n) is 2.46. The van der Waals surface area contributed by atoms with Crippen molar-refractivity contribution < 1.29 is 21.7 Å². The third-order valence-corrected chi connectivity index (χ3v) is 4.97. The van der Waals surface area contributed by atoms with E-state index in [1.165, 1.54) is 6.07 Å². The highest BCUT2D eigenvalue weighted by molar-refractivity contribution is 7.87. The minimum atomic E-state index is -4.07. The van der Waals surface area contributed by atoms with Crippen molar-refractivity contribution in [2.45, 2.75) is 11.8 Å². The summed E-state index contributed by atoms with van der Waals surface area (Å²) in [7, 11) is -4.07. The minimum Gasteiger partial charge on any atom is -0.492 e. The molecule has 6 nitrogen and oxygen atoms in total. The van der Waals surface area contributed by atoms with Gasteiger partial charge in [0, 0.05) is 30.7 Å². The van der Waals surface area contributed by atoms with Crippen LogP contribution >= 0.6 is 0 Å².